The molecule has 3 aromatic rings. The molecule has 0 amide bonds. The van der Waals surface area contributed by atoms with Crippen molar-refractivity contribution in [2.24, 2.45) is 0 Å². The molecule has 0 heterocycles. The topological polar surface area (TPSA) is 66.0 Å². The Hall–Kier alpha value is -3.99. The average molecular weight is 427 g/mol. The second-order valence-corrected chi connectivity index (χ2v) is 7.03. The summed E-state index contributed by atoms with van der Waals surface area (Å²) in [4.78, 5) is 0. The van der Waals surface area contributed by atoms with Crippen molar-refractivity contribution in [1.29, 1.82) is 10.5 Å². The maximum atomic E-state index is 9.57. The molecule has 0 saturated heterocycles. The van der Waals surface area contributed by atoms with Crippen LogP contribution in [0.15, 0.2) is 83.9 Å². The Balaban J connectivity index is 1.73. The van der Waals surface area contributed by atoms with Crippen LogP contribution >= 0.6 is 11.6 Å². The van der Waals surface area contributed by atoms with Gasteiger partial charge in [0.05, 0.1) is 18.3 Å². The van der Waals surface area contributed by atoms with E-state index in [-0.39, 0.29) is 11.1 Å². The van der Waals surface area contributed by atoms with E-state index in [1.807, 2.05) is 60.7 Å². The number of rotatable bonds is 7. The molecule has 0 unspecified atom stereocenters. The fraction of sp³-hybridized carbons (Fsp3) is 0.0769. The van der Waals surface area contributed by atoms with Crippen LogP contribution in [0.5, 0.6) is 11.5 Å². The SMILES string of the molecule is COc1ccc(/C=C(C#N)/C(C#N)=C/c2ccc(OCc3ccc(Cl)cc3)cc2)cc1. The molecule has 0 aliphatic carbocycles. The van der Waals surface area contributed by atoms with Gasteiger partial charge >= 0.3 is 0 Å². The number of ether oxygens (including phenoxy) is 2. The van der Waals surface area contributed by atoms with Crippen molar-refractivity contribution in [2.45, 2.75) is 6.61 Å². The van der Waals surface area contributed by atoms with Crippen molar-refractivity contribution in [3.8, 4) is 23.6 Å². The highest BCUT2D eigenvalue weighted by Crippen LogP contribution is 2.21. The van der Waals surface area contributed by atoms with Crippen molar-refractivity contribution < 1.29 is 9.47 Å². The van der Waals surface area contributed by atoms with Crippen LogP contribution < -0.4 is 9.47 Å². The fourth-order valence-corrected chi connectivity index (χ4v) is 2.91. The summed E-state index contributed by atoms with van der Waals surface area (Å²) in [5.74, 6) is 1.44. The molecule has 0 aliphatic rings. The fourth-order valence-electron chi connectivity index (χ4n) is 2.78. The normalized spacial score (nSPS) is 11.4. The third-order valence-corrected chi connectivity index (χ3v) is 4.72. The van der Waals surface area contributed by atoms with Gasteiger partial charge in [0, 0.05) is 5.02 Å². The van der Waals surface area contributed by atoms with E-state index < -0.39 is 0 Å². The van der Waals surface area contributed by atoms with Gasteiger partial charge in [0.2, 0.25) is 0 Å². The minimum absolute atomic E-state index is 0.285. The Kier molecular flexibility index (Phi) is 7.49. The van der Waals surface area contributed by atoms with Gasteiger partial charge in [-0.15, -0.1) is 0 Å². The number of methoxy groups -OCH3 is 1. The highest BCUT2D eigenvalue weighted by molar-refractivity contribution is 6.30. The van der Waals surface area contributed by atoms with Crippen LogP contribution in [-0.4, -0.2) is 7.11 Å². The molecule has 0 bridgehead atoms. The summed E-state index contributed by atoms with van der Waals surface area (Å²) in [5.41, 5.74) is 3.20. The first-order valence-electron chi connectivity index (χ1n) is 9.46. The second-order valence-electron chi connectivity index (χ2n) is 6.60. The van der Waals surface area contributed by atoms with Crippen LogP contribution in [0, 0.1) is 22.7 Å². The van der Waals surface area contributed by atoms with Crippen molar-refractivity contribution in [3.63, 3.8) is 0 Å². The minimum atomic E-state index is 0.285. The third-order valence-electron chi connectivity index (χ3n) is 4.47. The molecule has 31 heavy (non-hydrogen) atoms. The standard InChI is InChI=1S/C26H19ClN2O2/c1-30-25-10-4-19(5-11-25)14-22(16-28)23(17-29)15-20-6-12-26(13-7-20)31-18-21-2-8-24(27)9-3-21/h2-15H,18H2,1H3/b22-14+,23-15+. The Morgan fingerprint density at radius 1 is 0.774 bits per heavy atom. The predicted molar refractivity (Wildman–Crippen MR) is 122 cm³/mol. The summed E-state index contributed by atoms with van der Waals surface area (Å²) in [7, 11) is 1.59. The molecule has 0 atom stereocenters. The van der Waals surface area contributed by atoms with Gasteiger partial charge < -0.3 is 9.47 Å². The quantitative estimate of drug-likeness (QED) is 0.322. The van der Waals surface area contributed by atoms with Crippen molar-refractivity contribution in [1.82, 2.24) is 0 Å². The van der Waals surface area contributed by atoms with Gasteiger partial charge in [-0.2, -0.15) is 10.5 Å². The van der Waals surface area contributed by atoms with Gasteiger partial charge in [0.1, 0.15) is 30.2 Å². The molecule has 3 aromatic carbocycles. The molecular weight excluding hydrogens is 408 g/mol. The zero-order chi connectivity index (χ0) is 22.1. The van der Waals surface area contributed by atoms with Crippen LogP contribution in [0.25, 0.3) is 12.2 Å². The Morgan fingerprint density at radius 2 is 1.26 bits per heavy atom. The number of nitrogens with zero attached hydrogens (tertiary/aromatic N) is 2. The number of nitriles is 2. The monoisotopic (exact) mass is 426 g/mol. The van der Waals surface area contributed by atoms with Crippen LogP contribution in [-0.2, 0) is 6.61 Å². The van der Waals surface area contributed by atoms with Crippen LogP contribution in [0.2, 0.25) is 5.02 Å². The van der Waals surface area contributed by atoms with E-state index in [0.29, 0.717) is 17.4 Å². The summed E-state index contributed by atoms with van der Waals surface area (Å²) >= 11 is 5.89. The summed E-state index contributed by atoms with van der Waals surface area (Å²) in [6.07, 6.45) is 3.36. The molecule has 0 aromatic heterocycles. The first-order valence-corrected chi connectivity index (χ1v) is 9.84. The van der Waals surface area contributed by atoms with Gasteiger partial charge in [0.15, 0.2) is 0 Å². The Bertz CT molecular complexity index is 1160. The van der Waals surface area contributed by atoms with Gasteiger partial charge in [-0.3, -0.25) is 0 Å². The maximum Gasteiger partial charge on any atom is 0.119 e. The Morgan fingerprint density at radius 3 is 1.71 bits per heavy atom. The zero-order valence-electron chi connectivity index (χ0n) is 16.9. The maximum absolute atomic E-state index is 9.57. The average Bonchev–Trinajstić information content (AvgIpc) is 2.82. The lowest BCUT2D eigenvalue weighted by molar-refractivity contribution is 0.306. The lowest BCUT2D eigenvalue weighted by Gasteiger charge is -2.07. The summed E-state index contributed by atoms with van der Waals surface area (Å²) in [6, 6.07) is 26.3. The van der Waals surface area contributed by atoms with E-state index in [4.69, 9.17) is 21.1 Å². The highest BCUT2D eigenvalue weighted by atomic mass is 35.5. The largest absolute Gasteiger partial charge is 0.497 e. The number of hydrogen-bond acceptors (Lipinski definition) is 4. The molecule has 0 saturated carbocycles. The number of halogens is 1. The van der Waals surface area contributed by atoms with Crippen molar-refractivity contribution >= 4 is 23.8 Å². The molecule has 0 radical (unpaired) electrons. The highest BCUT2D eigenvalue weighted by Gasteiger charge is 2.06. The van der Waals surface area contributed by atoms with Gasteiger partial charge in [-0.05, 0) is 65.2 Å². The number of hydrogen-bond donors (Lipinski definition) is 0. The Labute approximate surface area is 186 Å². The van der Waals surface area contributed by atoms with E-state index in [1.165, 1.54) is 0 Å². The molecule has 0 spiro atoms. The molecular formula is C26H19ClN2O2. The predicted octanol–water partition coefficient (Wildman–Crippen LogP) is 6.44. The summed E-state index contributed by atoms with van der Waals surface area (Å²) < 4.78 is 10.9. The summed E-state index contributed by atoms with van der Waals surface area (Å²) in [6.45, 7) is 0.430. The lowest BCUT2D eigenvalue weighted by atomic mass is 10.0. The number of allylic oxidation sites excluding steroid dienone is 2. The summed E-state index contributed by atoms with van der Waals surface area (Å²) in [5, 5.41) is 19.8. The first-order chi connectivity index (χ1) is 15.1. The molecule has 5 heteroatoms. The second kappa shape index (κ2) is 10.7. The van der Waals surface area contributed by atoms with E-state index in [0.717, 1.165) is 22.4 Å². The van der Waals surface area contributed by atoms with E-state index in [2.05, 4.69) is 12.1 Å². The van der Waals surface area contributed by atoms with E-state index >= 15 is 0 Å². The zero-order valence-corrected chi connectivity index (χ0v) is 17.6. The third kappa shape index (κ3) is 6.24. The molecule has 0 N–H and O–H groups in total. The van der Waals surface area contributed by atoms with Crippen LogP contribution in [0.1, 0.15) is 16.7 Å². The lowest BCUT2D eigenvalue weighted by Crippen LogP contribution is -1.95. The first kappa shape index (κ1) is 21.7. The molecule has 4 nitrogen and oxygen atoms in total. The van der Waals surface area contributed by atoms with Gasteiger partial charge in [0.25, 0.3) is 0 Å². The minimum Gasteiger partial charge on any atom is -0.497 e. The smallest absolute Gasteiger partial charge is 0.119 e. The molecule has 0 fully saturated rings. The number of benzene rings is 3. The van der Waals surface area contributed by atoms with Crippen molar-refractivity contribution in [3.05, 3.63) is 106 Å². The van der Waals surface area contributed by atoms with E-state index in [1.54, 1.807) is 31.4 Å². The van der Waals surface area contributed by atoms with Gasteiger partial charge in [-0.1, -0.05) is 48.0 Å². The molecule has 3 rings (SSSR count). The van der Waals surface area contributed by atoms with Crippen LogP contribution in [0.4, 0.5) is 0 Å². The molecule has 0 aliphatic heterocycles. The van der Waals surface area contributed by atoms with Crippen LogP contribution in [0.3, 0.4) is 0 Å². The van der Waals surface area contributed by atoms with Gasteiger partial charge in [-0.25, -0.2) is 0 Å². The molecule has 152 valence electrons. The van der Waals surface area contributed by atoms with E-state index in [9.17, 15) is 10.5 Å². The van der Waals surface area contributed by atoms with Crippen molar-refractivity contribution in [2.75, 3.05) is 7.11 Å².